The quantitative estimate of drug-likeness (QED) is 0.650. The SMILES string of the molecule is Nc1ccc(-c2ccc(F)cc2)nc1NC(=O)N1Cc2ccc(CO)cc2C1. The van der Waals surface area contributed by atoms with E-state index in [2.05, 4.69) is 10.3 Å². The molecule has 2 amide bonds. The molecule has 1 aliphatic heterocycles. The molecule has 142 valence electrons. The third kappa shape index (κ3) is 3.52. The Balaban J connectivity index is 1.52. The number of hydrogen-bond acceptors (Lipinski definition) is 4. The van der Waals surface area contributed by atoms with Crippen LogP contribution in [0.1, 0.15) is 16.7 Å². The summed E-state index contributed by atoms with van der Waals surface area (Å²) in [7, 11) is 0. The number of carbonyl (C=O) groups excluding carboxylic acids is 1. The van der Waals surface area contributed by atoms with E-state index < -0.39 is 0 Å². The average Bonchev–Trinajstić information content (AvgIpc) is 3.13. The van der Waals surface area contributed by atoms with Crippen LogP contribution < -0.4 is 11.1 Å². The number of aromatic nitrogens is 1. The van der Waals surface area contributed by atoms with Gasteiger partial charge in [0.1, 0.15) is 5.82 Å². The molecular weight excluding hydrogens is 359 g/mol. The monoisotopic (exact) mass is 378 g/mol. The number of anilines is 2. The van der Waals surface area contributed by atoms with Crippen molar-refractivity contribution in [2.24, 2.45) is 0 Å². The van der Waals surface area contributed by atoms with Crippen LogP contribution >= 0.6 is 0 Å². The number of amides is 2. The van der Waals surface area contributed by atoms with Crippen molar-refractivity contribution in [3.8, 4) is 11.3 Å². The van der Waals surface area contributed by atoms with Gasteiger partial charge in [-0.2, -0.15) is 0 Å². The van der Waals surface area contributed by atoms with E-state index in [0.29, 0.717) is 24.5 Å². The molecular formula is C21H19FN4O2. The number of fused-ring (bicyclic) bond motifs is 1. The van der Waals surface area contributed by atoms with E-state index in [0.717, 1.165) is 22.3 Å². The fraction of sp³-hybridized carbons (Fsp3) is 0.143. The standard InChI is InChI=1S/C21H19FN4O2/c22-17-5-3-14(4-6-17)19-8-7-18(23)20(24-19)25-21(28)26-10-15-2-1-13(12-27)9-16(15)11-26/h1-9,27H,10-12,23H2,(H,24,25,28). The second-order valence-electron chi connectivity index (χ2n) is 6.69. The largest absolute Gasteiger partial charge is 0.396 e. The van der Waals surface area contributed by atoms with Gasteiger partial charge in [0.05, 0.1) is 18.0 Å². The molecule has 0 unspecified atom stereocenters. The van der Waals surface area contributed by atoms with Crippen LogP contribution in [0.5, 0.6) is 0 Å². The average molecular weight is 378 g/mol. The number of nitrogen functional groups attached to an aromatic ring is 1. The van der Waals surface area contributed by atoms with Crippen LogP contribution in [0, 0.1) is 5.82 Å². The Morgan fingerprint density at radius 3 is 2.61 bits per heavy atom. The molecule has 0 atom stereocenters. The van der Waals surface area contributed by atoms with Gasteiger partial charge in [0, 0.05) is 18.7 Å². The Morgan fingerprint density at radius 2 is 1.86 bits per heavy atom. The van der Waals surface area contributed by atoms with Crippen molar-refractivity contribution in [3.63, 3.8) is 0 Å². The molecule has 2 aromatic carbocycles. The van der Waals surface area contributed by atoms with Crippen LogP contribution in [0.4, 0.5) is 20.7 Å². The van der Waals surface area contributed by atoms with Crippen LogP contribution in [-0.4, -0.2) is 21.0 Å². The Morgan fingerprint density at radius 1 is 1.11 bits per heavy atom. The highest BCUT2D eigenvalue weighted by Gasteiger charge is 2.24. The molecule has 4 N–H and O–H groups in total. The number of benzene rings is 2. The maximum atomic E-state index is 13.1. The molecule has 4 rings (SSSR count). The predicted molar refractivity (Wildman–Crippen MR) is 105 cm³/mol. The van der Waals surface area contributed by atoms with Crippen molar-refractivity contribution in [2.75, 3.05) is 11.1 Å². The molecule has 0 radical (unpaired) electrons. The molecule has 6 nitrogen and oxygen atoms in total. The molecule has 7 heteroatoms. The molecule has 2 heterocycles. The van der Waals surface area contributed by atoms with Gasteiger partial charge in [-0.3, -0.25) is 5.32 Å². The number of nitrogens with two attached hydrogens (primary N) is 1. The number of nitrogens with zero attached hydrogens (tertiary/aromatic N) is 2. The number of nitrogens with one attached hydrogen (secondary N) is 1. The van der Waals surface area contributed by atoms with Crippen molar-refractivity contribution in [2.45, 2.75) is 19.7 Å². The number of aliphatic hydroxyl groups excluding tert-OH is 1. The van der Waals surface area contributed by atoms with E-state index in [1.807, 2.05) is 18.2 Å². The summed E-state index contributed by atoms with van der Waals surface area (Å²) in [5, 5.41) is 12.0. The first kappa shape index (κ1) is 17.9. The number of halogens is 1. The number of aliphatic hydroxyl groups is 1. The molecule has 0 saturated heterocycles. The molecule has 3 aromatic rings. The fourth-order valence-electron chi connectivity index (χ4n) is 3.22. The highest BCUT2D eigenvalue weighted by atomic mass is 19.1. The summed E-state index contributed by atoms with van der Waals surface area (Å²) in [6, 6.07) is 14.7. The van der Waals surface area contributed by atoms with Gasteiger partial charge < -0.3 is 15.7 Å². The van der Waals surface area contributed by atoms with Crippen LogP contribution in [0.15, 0.2) is 54.6 Å². The molecule has 0 saturated carbocycles. The summed E-state index contributed by atoms with van der Waals surface area (Å²) in [5.74, 6) is -0.0653. The smallest absolute Gasteiger partial charge is 0.323 e. The third-order valence-corrected chi connectivity index (χ3v) is 4.75. The van der Waals surface area contributed by atoms with E-state index in [9.17, 15) is 14.3 Å². The van der Waals surface area contributed by atoms with E-state index >= 15 is 0 Å². The van der Waals surface area contributed by atoms with Crippen molar-refractivity contribution in [1.29, 1.82) is 0 Å². The zero-order valence-corrected chi connectivity index (χ0v) is 15.0. The first-order chi connectivity index (χ1) is 13.5. The Labute approximate surface area is 161 Å². The lowest BCUT2D eigenvalue weighted by Gasteiger charge is -2.17. The third-order valence-electron chi connectivity index (χ3n) is 4.75. The number of urea groups is 1. The normalized spacial score (nSPS) is 12.7. The highest BCUT2D eigenvalue weighted by Crippen LogP contribution is 2.27. The van der Waals surface area contributed by atoms with Crippen molar-refractivity contribution in [1.82, 2.24) is 9.88 Å². The van der Waals surface area contributed by atoms with Crippen molar-refractivity contribution in [3.05, 3.63) is 77.1 Å². The number of carbonyl (C=O) groups is 1. The lowest BCUT2D eigenvalue weighted by atomic mass is 10.1. The minimum absolute atomic E-state index is 0.0316. The number of pyridine rings is 1. The first-order valence-corrected chi connectivity index (χ1v) is 8.83. The van der Waals surface area contributed by atoms with E-state index in [1.165, 1.54) is 12.1 Å². The molecule has 28 heavy (non-hydrogen) atoms. The summed E-state index contributed by atoms with van der Waals surface area (Å²) in [6.45, 7) is 0.896. The summed E-state index contributed by atoms with van der Waals surface area (Å²) >= 11 is 0. The van der Waals surface area contributed by atoms with Gasteiger partial charge in [0.2, 0.25) is 0 Å². The van der Waals surface area contributed by atoms with Gasteiger partial charge in [-0.05, 0) is 53.1 Å². The fourth-order valence-corrected chi connectivity index (χ4v) is 3.22. The van der Waals surface area contributed by atoms with Gasteiger partial charge in [0.25, 0.3) is 0 Å². The maximum Gasteiger partial charge on any atom is 0.323 e. The zero-order valence-electron chi connectivity index (χ0n) is 15.0. The molecule has 0 aliphatic carbocycles. The minimum Gasteiger partial charge on any atom is -0.396 e. The predicted octanol–water partition coefficient (Wildman–Crippen LogP) is 3.51. The van der Waals surface area contributed by atoms with E-state index in [1.54, 1.807) is 29.2 Å². The van der Waals surface area contributed by atoms with Crippen LogP contribution in [0.2, 0.25) is 0 Å². The van der Waals surface area contributed by atoms with Gasteiger partial charge in [-0.1, -0.05) is 18.2 Å². The van der Waals surface area contributed by atoms with E-state index in [-0.39, 0.29) is 24.3 Å². The van der Waals surface area contributed by atoms with E-state index in [4.69, 9.17) is 5.73 Å². The van der Waals surface area contributed by atoms with Crippen molar-refractivity contribution < 1.29 is 14.3 Å². The maximum absolute atomic E-state index is 13.1. The van der Waals surface area contributed by atoms with Crippen LogP contribution in [0.3, 0.4) is 0 Å². The lowest BCUT2D eigenvalue weighted by Crippen LogP contribution is -2.30. The molecule has 0 fully saturated rings. The molecule has 1 aliphatic rings. The van der Waals surface area contributed by atoms with Crippen LogP contribution in [-0.2, 0) is 19.7 Å². The second-order valence-corrected chi connectivity index (χ2v) is 6.69. The number of rotatable bonds is 3. The summed E-state index contributed by atoms with van der Waals surface area (Å²) in [6.07, 6.45) is 0. The van der Waals surface area contributed by atoms with Gasteiger partial charge in [-0.25, -0.2) is 14.2 Å². The zero-order chi connectivity index (χ0) is 19.7. The van der Waals surface area contributed by atoms with Gasteiger partial charge in [0.15, 0.2) is 5.82 Å². The summed E-state index contributed by atoms with van der Waals surface area (Å²) in [4.78, 5) is 18.8. The summed E-state index contributed by atoms with van der Waals surface area (Å²) in [5.41, 5.74) is 10.5. The van der Waals surface area contributed by atoms with Crippen LogP contribution in [0.25, 0.3) is 11.3 Å². The Hall–Kier alpha value is -3.45. The lowest BCUT2D eigenvalue weighted by molar-refractivity contribution is 0.212. The highest BCUT2D eigenvalue weighted by molar-refractivity contribution is 5.92. The Bertz CT molecular complexity index is 1040. The molecule has 0 bridgehead atoms. The minimum atomic E-state index is -0.328. The van der Waals surface area contributed by atoms with Gasteiger partial charge >= 0.3 is 6.03 Å². The first-order valence-electron chi connectivity index (χ1n) is 8.83. The van der Waals surface area contributed by atoms with Gasteiger partial charge in [-0.15, -0.1) is 0 Å². The topological polar surface area (TPSA) is 91.5 Å². The number of hydrogen-bond donors (Lipinski definition) is 3. The van der Waals surface area contributed by atoms with Crippen molar-refractivity contribution >= 4 is 17.5 Å². The molecule has 1 aromatic heterocycles. The molecule has 0 spiro atoms. The second kappa shape index (κ2) is 7.28. The summed E-state index contributed by atoms with van der Waals surface area (Å²) < 4.78 is 13.1. The Kier molecular flexibility index (Phi) is 4.67.